The van der Waals surface area contributed by atoms with Crippen LogP contribution in [0.2, 0.25) is 0 Å². The summed E-state index contributed by atoms with van der Waals surface area (Å²) < 4.78 is 20.9. The average Bonchev–Trinajstić information content (AvgIpc) is 3.44. The van der Waals surface area contributed by atoms with Crippen molar-refractivity contribution in [1.82, 2.24) is 14.9 Å². The minimum Gasteiger partial charge on any atom is -0.497 e. The molecule has 4 aromatic rings. The minimum atomic E-state index is -0.266. The van der Waals surface area contributed by atoms with E-state index in [-0.39, 0.29) is 17.9 Å². The molecule has 1 aliphatic heterocycles. The third-order valence-corrected chi connectivity index (χ3v) is 5.95. The van der Waals surface area contributed by atoms with Gasteiger partial charge in [0, 0.05) is 29.5 Å². The van der Waals surface area contributed by atoms with E-state index < -0.39 is 0 Å². The number of thiocarbonyl (C=S) groups is 1. The van der Waals surface area contributed by atoms with Gasteiger partial charge in [-0.05, 0) is 85.0 Å². The summed E-state index contributed by atoms with van der Waals surface area (Å²) in [4.78, 5) is 6.70. The van der Waals surface area contributed by atoms with Gasteiger partial charge in [-0.1, -0.05) is 6.07 Å². The van der Waals surface area contributed by atoms with Gasteiger partial charge in [-0.2, -0.15) is 0 Å². The number of rotatable bonds is 5. The molecule has 2 aromatic carbocycles. The lowest BCUT2D eigenvalue weighted by molar-refractivity contribution is 0.415. The zero-order chi connectivity index (χ0) is 22.1. The van der Waals surface area contributed by atoms with E-state index >= 15 is 0 Å². The molecule has 1 saturated heterocycles. The van der Waals surface area contributed by atoms with Crippen molar-refractivity contribution in [2.75, 3.05) is 12.0 Å². The molecule has 0 aliphatic carbocycles. The molecule has 1 N–H and O–H groups in total. The lowest BCUT2D eigenvalue weighted by atomic mass is 10.0. The maximum atomic E-state index is 13.5. The molecule has 32 heavy (non-hydrogen) atoms. The van der Waals surface area contributed by atoms with Gasteiger partial charge in [0.2, 0.25) is 0 Å². The zero-order valence-electron chi connectivity index (χ0n) is 17.4. The largest absolute Gasteiger partial charge is 0.497 e. The first-order chi connectivity index (χ1) is 15.7. The van der Waals surface area contributed by atoms with Crippen molar-refractivity contribution in [2.45, 2.75) is 12.1 Å². The van der Waals surface area contributed by atoms with Crippen LogP contribution in [-0.2, 0) is 0 Å². The van der Waals surface area contributed by atoms with E-state index in [0.29, 0.717) is 5.11 Å². The predicted molar refractivity (Wildman–Crippen MR) is 127 cm³/mol. The first-order valence-electron chi connectivity index (χ1n) is 10.2. The molecule has 7 heteroatoms. The first kappa shape index (κ1) is 20.2. The molecular formula is C25H21FN4OS. The predicted octanol–water partition coefficient (Wildman–Crippen LogP) is 5.20. The van der Waals surface area contributed by atoms with E-state index in [1.165, 1.54) is 12.1 Å². The van der Waals surface area contributed by atoms with E-state index in [2.05, 4.69) is 25.8 Å². The maximum absolute atomic E-state index is 13.5. The number of aromatic nitrogens is 2. The number of hydrogen-bond donors (Lipinski definition) is 1. The topological polar surface area (TPSA) is 42.3 Å². The minimum absolute atomic E-state index is 0.167. The van der Waals surface area contributed by atoms with Crippen LogP contribution in [0.1, 0.15) is 23.5 Å². The Kier molecular flexibility index (Phi) is 5.33. The van der Waals surface area contributed by atoms with Crippen LogP contribution >= 0.6 is 12.2 Å². The normalized spacial score (nSPS) is 17.9. The van der Waals surface area contributed by atoms with Crippen molar-refractivity contribution in [3.05, 3.63) is 108 Å². The van der Waals surface area contributed by atoms with Crippen molar-refractivity contribution in [3.8, 4) is 11.4 Å². The highest BCUT2D eigenvalue weighted by molar-refractivity contribution is 7.80. The highest BCUT2D eigenvalue weighted by Gasteiger charge is 2.42. The number of pyridine rings is 1. The van der Waals surface area contributed by atoms with Crippen LogP contribution in [0.3, 0.4) is 0 Å². The van der Waals surface area contributed by atoms with Crippen LogP contribution in [0, 0.1) is 5.82 Å². The van der Waals surface area contributed by atoms with Crippen molar-refractivity contribution in [3.63, 3.8) is 0 Å². The van der Waals surface area contributed by atoms with Crippen molar-refractivity contribution < 1.29 is 9.13 Å². The van der Waals surface area contributed by atoms with E-state index in [1.807, 2.05) is 54.7 Å². The standard InChI is InChI=1S/C25H21FN4OS/c1-31-20-13-11-19(12-14-20)30-24(23(28-25(30)32)21-5-2-3-15-27-21)22-6-4-16-29(22)18-9-7-17(26)8-10-18/h2-16,23-24H,1H3,(H,28,32)/t23-,24+/m0/s1. The van der Waals surface area contributed by atoms with Crippen LogP contribution in [0.15, 0.2) is 91.3 Å². The van der Waals surface area contributed by atoms with Gasteiger partial charge in [0.1, 0.15) is 17.6 Å². The Hall–Kier alpha value is -3.71. The second-order valence-electron chi connectivity index (χ2n) is 7.47. The highest BCUT2D eigenvalue weighted by atomic mass is 32.1. The van der Waals surface area contributed by atoms with Gasteiger partial charge in [-0.3, -0.25) is 4.98 Å². The zero-order valence-corrected chi connectivity index (χ0v) is 18.2. The summed E-state index contributed by atoms with van der Waals surface area (Å²) in [6.07, 6.45) is 3.76. The molecule has 2 aromatic heterocycles. The number of nitrogens with one attached hydrogen (secondary N) is 1. The quantitative estimate of drug-likeness (QED) is 0.429. The molecule has 0 saturated carbocycles. The van der Waals surface area contributed by atoms with E-state index in [4.69, 9.17) is 17.0 Å². The van der Waals surface area contributed by atoms with Crippen molar-refractivity contribution in [1.29, 1.82) is 0 Å². The Labute approximate surface area is 191 Å². The molecule has 160 valence electrons. The molecular weight excluding hydrogens is 423 g/mol. The Morgan fingerprint density at radius 3 is 2.38 bits per heavy atom. The Morgan fingerprint density at radius 1 is 0.938 bits per heavy atom. The third kappa shape index (κ3) is 3.61. The fourth-order valence-electron chi connectivity index (χ4n) is 4.15. The van der Waals surface area contributed by atoms with E-state index in [0.717, 1.165) is 28.5 Å². The molecule has 0 spiro atoms. The fraction of sp³-hybridized carbons (Fsp3) is 0.120. The van der Waals surface area contributed by atoms with E-state index in [9.17, 15) is 4.39 Å². The number of nitrogens with zero attached hydrogens (tertiary/aromatic N) is 3. The summed E-state index contributed by atoms with van der Waals surface area (Å²) >= 11 is 5.79. The molecule has 0 bridgehead atoms. The summed E-state index contributed by atoms with van der Waals surface area (Å²) in [5.41, 5.74) is 3.72. The second-order valence-corrected chi connectivity index (χ2v) is 7.86. The smallest absolute Gasteiger partial charge is 0.174 e. The monoisotopic (exact) mass is 444 g/mol. The van der Waals surface area contributed by atoms with Gasteiger partial charge in [0.15, 0.2) is 5.11 Å². The SMILES string of the molecule is COc1ccc(N2C(=S)N[C@@H](c3ccccn3)[C@H]2c2cccn2-c2ccc(F)cc2)cc1. The number of ether oxygens (including phenoxy) is 1. The molecule has 5 rings (SSSR count). The van der Waals surface area contributed by atoms with Crippen LogP contribution < -0.4 is 15.0 Å². The van der Waals surface area contributed by atoms with Crippen LogP contribution in [-0.4, -0.2) is 21.8 Å². The molecule has 3 heterocycles. The van der Waals surface area contributed by atoms with Gasteiger partial charge in [-0.25, -0.2) is 4.39 Å². The summed E-state index contributed by atoms with van der Waals surface area (Å²) in [7, 11) is 1.65. The van der Waals surface area contributed by atoms with Crippen molar-refractivity contribution in [2.24, 2.45) is 0 Å². The summed E-state index contributed by atoms with van der Waals surface area (Å²) in [6.45, 7) is 0. The van der Waals surface area contributed by atoms with Gasteiger partial charge in [0.05, 0.1) is 18.8 Å². The third-order valence-electron chi connectivity index (χ3n) is 5.64. The molecule has 2 atom stereocenters. The summed E-state index contributed by atoms with van der Waals surface area (Å²) in [5, 5.41) is 4.08. The molecule has 5 nitrogen and oxygen atoms in total. The van der Waals surface area contributed by atoms with Crippen molar-refractivity contribution >= 4 is 23.0 Å². The Balaban J connectivity index is 1.64. The van der Waals surface area contributed by atoms with Gasteiger partial charge < -0.3 is 19.5 Å². The van der Waals surface area contributed by atoms with Crippen LogP contribution in [0.4, 0.5) is 10.1 Å². The lowest BCUT2D eigenvalue weighted by Crippen LogP contribution is -2.30. The number of halogens is 1. The van der Waals surface area contributed by atoms with Gasteiger partial charge in [0.25, 0.3) is 0 Å². The number of benzene rings is 2. The molecule has 0 radical (unpaired) electrons. The first-order valence-corrected chi connectivity index (χ1v) is 10.6. The van der Waals surface area contributed by atoms with Crippen LogP contribution in [0.5, 0.6) is 5.75 Å². The summed E-state index contributed by atoms with van der Waals surface area (Å²) in [6, 6.07) is 23.9. The fourth-order valence-corrected chi connectivity index (χ4v) is 4.49. The van der Waals surface area contributed by atoms with Gasteiger partial charge in [-0.15, -0.1) is 0 Å². The van der Waals surface area contributed by atoms with E-state index in [1.54, 1.807) is 25.4 Å². The number of anilines is 1. The molecule has 0 amide bonds. The summed E-state index contributed by atoms with van der Waals surface area (Å²) in [5.74, 6) is 0.511. The highest BCUT2D eigenvalue weighted by Crippen LogP contribution is 2.42. The maximum Gasteiger partial charge on any atom is 0.174 e. The lowest BCUT2D eigenvalue weighted by Gasteiger charge is -2.29. The second kappa shape index (κ2) is 8.43. The Morgan fingerprint density at radius 2 is 1.69 bits per heavy atom. The molecule has 0 unspecified atom stereocenters. The average molecular weight is 445 g/mol. The molecule has 1 fully saturated rings. The molecule has 1 aliphatic rings. The number of hydrogen-bond acceptors (Lipinski definition) is 3. The Bertz CT molecular complexity index is 1230. The number of methoxy groups -OCH3 is 1. The van der Waals surface area contributed by atoms with Gasteiger partial charge >= 0.3 is 0 Å². The van der Waals surface area contributed by atoms with Crippen LogP contribution in [0.25, 0.3) is 5.69 Å².